The number of carbonyl (C=O) groups excluding carboxylic acids is 1. The average Bonchev–Trinajstić information content (AvgIpc) is 2.24. The Morgan fingerprint density at radius 1 is 1.33 bits per heavy atom. The number of hydrogen-bond donors (Lipinski definition) is 1. The molecule has 0 rings (SSSR count). The summed E-state index contributed by atoms with van der Waals surface area (Å²) >= 11 is 0. The lowest BCUT2D eigenvalue weighted by molar-refractivity contribution is -0.145. The molecule has 0 fully saturated rings. The summed E-state index contributed by atoms with van der Waals surface area (Å²) in [6.07, 6.45) is 1.37. The van der Waals surface area contributed by atoms with Gasteiger partial charge in [-0.1, -0.05) is 41.2 Å². The van der Waals surface area contributed by atoms with Crippen molar-refractivity contribution in [1.82, 2.24) is 0 Å². The summed E-state index contributed by atoms with van der Waals surface area (Å²) in [5, 5.41) is 10.8. The molecule has 3 heteroatoms. The van der Waals surface area contributed by atoms with Crippen molar-refractivity contribution in [2.24, 2.45) is 11.3 Å². The zero-order valence-electron chi connectivity index (χ0n) is 12.7. The summed E-state index contributed by atoms with van der Waals surface area (Å²) < 4.78 is 4.68. The van der Waals surface area contributed by atoms with Crippen LogP contribution in [0.2, 0.25) is 0 Å². The fraction of sp³-hybridized carbons (Fsp3) is 0.800. The highest BCUT2D eigenvalue weighted by molar-refractivity contribution is 5.71. The maximum Gasteiger partial charge on any atom is 0.308 e. The zero-order chi connectivity index (χ0) is 14.6. The van der Waals surface area contributed by atoms with Gasteiger partial charge in [0.25, 0.3) is 0 Å². The maximum atomic E-state index is 11.5. The first-order chi connectivity index (χ1) is 8.03. The standard InChI is InChI=1S/C15H28O3/c1-11(2)8-9-15(17,10-13(16)18-7)12(3)14(4,5)6/h11,17H,3,8-10H2,1-2,4-7H3/t15-/m1/s1. The van der Waals surface area contributed by atoms with Crippen molar-refractivity contribution >= 4 is 5.97 Å². The van der Waals surface area contributed by atoms with E-state index in [9.17, 15) is 9.90 Å². The van der Waals surface area contributed by atoms with Gasteiger partial charge in [-0.2, -0.15) is 0 Å². The Labute approximate surface area is 111 Å². The molecule has 0 aliphatic heterocycles. The molecule has 106 valence electrons. The van der Waals surface area contributed by atoms with Gasteiger partial charge in [0.2, 0.25) is 0 Å². The number of methoxy groups -OCH3 is 1. The van der Waals surface area contributed by atoms with Crippen molar-refractivity contribution in [3.63, 3.8) is 0 Å². The fourth-order valence-electron chi connectivity index (χ4n) is 1.88. The van der Waals surface area contributed by atoms with E-state index in [0.29, 0.717) is 17.9 Å². The molecule has 0 saturated carbocycles. The molecule has 0 aromatic heterocycles. The highest BCUT2D eigenvalue weighted by Gasteiger charge is 2.38. The Morgan fingerprint density at radius 3 is 2.17 bits per heavy atom. The Morgan fingerprint density at radius 2 is 1.83 bits per heavy atom. The predicted molar refractivity (Wildman–Crippen MR) is 74.2 cm³/mol. The number of rotatable bonds is 6. The Bertz CT molecular complexity index is 299. The number of aliphatic hydroxyl groups is 1. The molecular weight excluding hydrogens is 228 g/mol. The molecule has 0 spiro atoms. The third-order valence-electron chi connectivity index (χ3n) is 3.27. The minimum Gasteiger partial charge on any atom is -0.469 e. The van der Waals surface area contributed by atoms with Crippen molar-refractivity contribution in [2.45, 2.75) is 59.5 Å². The van der Waals surface area contributed by atoms with E-state index in [1.165, 1.54) is 7.11 Å². The van der Waals surface area contributed by atoms with E-state index >= 15 is 0 Å². The number of carbonyl (C=O) groups is 1. The van der Waals surface area contributed by atoms with E-state index in [1.54, 1.807) is 0 Å². The lowest BCUT2D eigenvalue weighted by Gasteiger charge is -2.37. The lowest BCUT2D eigenvalue weighted by atomic mass is 9.73. The first kappa shape index (κ1) is 17.2. The van der Waals surface area contributed by atoms with Gasteiger partial charge in [-0.25, -0.2) is 0 Å². The van der Waals surface area contributed by atoms with Crippen LogP contribution in [-0.2, 0) is 9.53 Å². The molecule has 0 bridgehead atoms. The molecule has 18 heavy (non-hydrogen) atoms. The molecule has 0 radical (unpaired) electrons. The molecule has 0 aliphatic carbocycles. The molecule has 1 N–H and O–H groups in total. The van der Waals surface area contributed by atoms with Crippen LogP contribution in [0.4, 0.5) is 0 Å². The highest BCUT2D eigenvalue weighted by Crippen LogP contribution is 2.38. The molecule has 0 aliphatic rings. The van der Waals surface area contributed by atoms with Crippen molar-refractivity contribution in [1.29, 1.82) is 0 Å². The van der Waals surface area contributed by atoms with Crippen molar-refractivity contribution < 1.29 is 14.6 Å². The first-order valence-electron chi connectivity index (χ1n) is 6.52. The normalized spacial score (nSPS) is 15.3. The van der Waals surface area contributed by atoms with Crippen LogP contribution >= 0.6 is 0 Å². The summed E-state index contributed by atoms with van der Waals surface area (Å²) in [7, 11) is 1.34. The minimum absolute atomic E-state index is 0.0215. The van der Waals surface area contributed by atoms with Crippen LogP contribution < -0.4 is 0 Å². The summed E-state index contributed by atoms with van der Waals surface area (Å²) in [4.78, 5) is 11.5. The van der Waals surface area contributed by atoms with Crippen LogP contribution in [-0.4, -0.2) is 23.8 Å². The largest absolute Gasteiger partial charge is 0.469 e. The second-order valence-electron chi connectivity index (χ2n) is 6.45. The van der Waals surface area contributed by atoms with Crippen molar-refractivity contribution in [3.05, 3.63) is 12.2 Å². The van der Waals surface area contributed by atoms with E-state index in [0.717, 1.165) is 6.42 Å². The van der Waals surface area contributed by atoms with Gasteiger partial charge in [-0.05, 0) is 29.7 Å². The van der Waals surface area contributed by atoms with Crippen molar-refractivity contribution in [2.75, 3.05) is 7.11 Å². The van der Waals surface area contributed by atoms with Crippen LogP contribution in [0.1, 0.15) is 53.9 Å². The van der Waals surface area contributed by atoms with Gasteiger partial charge in [0.05, 0.1) is 19.1 Å². The molecule has 0 saturated heterocycles. The smallest absolute Gasteiger partial charge is 0.308 e. The monoisotopic (exact) mass is 256 g/mol. The van der Waals surface area contributed by atoms with Crippen LogP contribution in [0.5, 0.6) is 0 Å². The molecule has 0 heterocycles. The fourth-order valence-corrected chi connectivity index (χ4v) is 1.88. The van der Waals surface area contributed by atoms with Crippen LogP contribution in [0.3, 0.4) is 0 Å². The van der Waals surface area contributed by atoms with Crippen molar-refractivity contribution in [3.8, 4) is 0 Å². The number of hydrogen-bond acceptors (Lipinski definition) is 3. The van der Waals surface area contributed by atoms with Crippen LogP contribution in [0.25, 0.3) is 0 Å². The van der Waals surface area contributed by atoms with Gasteiger partial charge in [0, 0.05) is 0 Å². The molecule has 0 unspecified atom stereocenters. The minimum atomic E-state index is -1.17. The highest BCUT2D eigenvalue weighted by atomic mass is 16.5. The summed E-state index contributed by atoms with van der Waals surface area (Å²) in [5.74, 6) is 0.0774. The van der Waals surface area contributed by atoms with Gasteiger partial charge >= 0.3 is 5.97 Å². The molecule has 0 aromatic rings. The Hall–Kier alpha value is -0.830. The van der Waals surface area contributed by atoms with Gasteiger partial charge in [0.1, 0.15) is 0 Å². The molecular formula is C15H28O3. The second kappa shape index (κ2) is 6.37. The van der Waals surface area contributed by atoms with Gasteiger partial charge < -0.3 is 9.84 Å². The molecule has 3 nitrogen and oxygen atoms in total. The predicted octanol–water partition coefficient (Wildman–Crippen LogP) is 3.32. The number of ether oxygens (including phenoxy) is 1. The van der Waals surface area contributed by atoms with Gasteiger partial charge in [-0.3, -0.25) is 4.79 Å². The second-order valence-corrected chi connectivity index (χ2v) is 6.45. The molecule has 1 atom stereocenters. The van der Waals surface area contributed by atoms with E-state index in [4.69, 9.17) is 0 Å². The molecule has 0 amide bonds. The zero-order valence-corrected chi connectivity index (χ0v) is 12.7. The lowest BCUT2D eigenvalue weighted by Crippen LogP contribution is -2.39. The first-order valence-corrected chi connectivity index (χ1v) is 6.52. The Balaban J connectivity index is 5.02. The molecule has 0 aromatic carbocycles. The quantitative estimate of drug-likeness (QED) is 0.586. The van der Waals surface area contributed by atoms with E-state index < -0.39 is 11.6 Å². The topological polar surface area (TPSA) is 46.5 Å². The average molecular weight is 256 g/mol. The maximum absolute atomic E-state index is 11.5. The van der Waals surface area contributed by atoms with E-state index in [-0.39, 0.29) is 11.8 Å². The Kier molecular flexibility index (Phi) is 6.08. The summed E-state index contributed by atoms with van der Waals surface area (Å²) in [6.45, 7) is 14.2. The van der Waals surface area contributed by atoms with Gasteiger partial charge in [-0.15, -0.1) is 0 Å². The SMILES string of the molecule is C=C(C(C)(C)C)[C@@](O)(CCC(C)C)CC(=O)OC. The van der Waals surface area contributed by atoms with Crippen LogP contribution in [0.15, 0.2) is 12.2 Å². The van der Waals surface area contributed by atoms with Gasteiger partial charge in [0.15, 0.2) is 0 Å². The summed E-state index contributed by atoms with van der Waals surface area (Å²) in [5.41, 5.74) is -0.712. The third-order valence-corrected chi connectivity index (χ3v) is 3.27. The summed E-state index contributed by atoms with van der Waals surface area (Å²) in [6, 6.07) is 0. The van der Waals surface area contributed by atoms with E-state index in [1.807, 2.05) is 20.8 Å². The van der Waals surface area contributed by atoms with E-state index in [2.05, 4.69) is 25.2 Å². The third kappa shape index (κ3) is 5.21. The number of esters is 1. The van der Waals surface area contributed by atoms with Crippen LogP contribution in [0, 0.1) is 11.3 Å².